The van der Waals surface area contributed by atoms with Crippen molar-refractivity contribution in [3.05, 3.63) is 5.73 Å². The molecule has 1 fully saturated rings. The second-order valence-electron chi connectivity index (χ2n) is 1.50. The van der Waals surface area contributed by atoms with Gasteiger partial charge in [-0.2, -0.15) is 0 Å². The van der Waals surface area contributed by atoms with Crippen molar-refractivity contribution in [2.24, 2.45) is 0 Å². The average molecular weight is 86.1 g/mol. The van der Waals surface area contributed by atoms with Crippen molar-refractivity contribution in [3.63, 3.8) is 0 Å². The fourth-order valence-corrected chi connectivity index (χ4v) is 0.578. The summed E-state index contributed by atoms with van der Waals surface area (Å²) < 4.78 is 4.82. The van der Waals surface area contributed by atoms with Gasteiger partial charge >= 0.3 is 0 Å². The predicted molar refractivity (Wildman–Crippen MR) is 23.3 cm³/mol. The molecule has 1 heterocycles. The van der Waals surface area contributed by atoms with Gasteiger partial charge in [-0.15, -0.1) is 0 Å². The van der Waals surface area contributed by atoms with Crippen molar-refractivity contribution < 1.29 is 4.74 Å². The lowest BCUT2D eigenvalue weighted by atomic mass is 10.3. The molecule has 0 aromatic heterocycles. The summed E-state index contributed by atoms with van der Waals surface area (Å²) in [4.78, 5) is 0. The van der Waals surface area contributed by atoms with Crippen LogP contribution < -0.4 is 0 Å². The Morgan fingerprint density at radius 3 is 2.67 bits per heavy atom. The lowest BCUT2D eigenvalue weighted by Crippen LogP contribution is -1.92. The van der Waals surface area contributed by atoms with E-state index in [0.29, 0.717) is 0 Å². The quantitative estimate of drug-likeness (QED) is 0.435. The Hall–Kier alpha value is -0.0800. The van der Waals surface area contributed by atoms with E-state index < -0.39 is 0 Å². The fraction of sp³-hybridized carbons (Fsp3) is 1.00. The van der Waals surface area contributed by atoms with Gasteiger partial charge in [-0.3, -0.25) is 0 Å². The Morgan fingerprint density at radius 1 is 1.67 bits per heavy atom. The van der Waals surface area contributed by atoms with Gasteiger partial charge < -0.3 is 10.5 Å². The van der Waals surface area contributed by atoms with Gasteiger partial charge in [0.05, 0.1) is 0 Å². The van der Waals surface area contributed by atoms with Gasteiger partial charge in [-0.25, -0.2) is 0 Å². The Morgan fingerprint density at radius 2 is 2.50 bits per heavy atom. The van der Waals surface area contributed by atoms with E-state index in [4.69, 9.17) is 10.5 Å². The van der Waals surface area contributed by atoms with Gasteiger partial charge in [0, 0.05) is 6.61 Å². The van der Waals surface area contributed by atoms with Crippen molar-refractivity contribution in [1.82, 2.24) is 0 Å². The van der Waals surface area contributed by atoms with E-state index >= 15 is 0 Å². The van der Waals surface area contributed by atoms with E-state index in [9.17, 15) is 0 Å². The maximum absolute atomic E-state index is 6.91. The zero-order valence-corrected chi connectivity index (χ0v) is 3.61. The number of ether oxygens (including phenoxy) is 1. The average Bonchev–Trinajstić information content (AvgIpc) is 1.86. The summed E-state index contributed by atoms with van der Waals surface area (Å²) in [7, 11) is 0. The van der Waals surface area contributed by atoms with Crippen LogP contribution in [0.5, 0.6) is 0 Å². The topological polar surface area (TPSA) is 33.0 Å². The summed E-state index contributed by atoms with van der Waals surface area (Å²) in [5.41, 5.74) is 6.91. The Bertz CT molecular complexity index is 40.8. The largest absolute Gasteiger partial charge is 0.652 e. The fourth-order valence-electron chi connectivity index (χ4n) is 0.578. The number of rotatable bonds is 0. The highest BCUT2D eigenvalue weighted by atomic mass is 16.5. The first-order valence-corrected chi connectivity index (χ1v) is 2.22. The summed E-state index contributed by atoms with van der Waals surface area (Å²) in [6.45, 7) is 0.800. The molecule has 1 N–H and O–H groups in total. The molecule has 0 aromatic carbocycles. The molecule has 1 aliphatic heterocycles. The van der Waals surface area contributed by atoms with E-state index in [0.717, 1.165) is 19.4 Å². The van der Waals surface area contributed by atoms with Crippen molar-refractivity contribution >= 4 is 0 Å². The molecule has 36 valence electrons. The second-order valence-corrected chi connectivity index (χ2v) is 1.50. The number of hydrogen-bond donors (Lipinski definition) is 0. The summed E-state index contributed by atoms with van der Waals surface area (Å²) in [5.74, 6) is 0. The van der Waals surface area contributed by atoms with Crippen molar-refractivity contribution in [3.8, 4) is 0 Å². The normalized spacial score (nSPS) is 34.5. The van der Waals surface area contributed by atoms with E-state index in [2.05, 4.69) is 0 Å². The maximum Gasteiger partial charge on any atom is 0.0446 e. The van der Waals surface area contributed by atoms with Crippen LogP contribution in [-0.2, 0) is 4.74 Å². The summed E-state index contributed by atoms with van der Waals surface area (Å²) in [5, 5.41) is 0. The first-order valence-electron chi connectivity index (χ1n) is 2.22. The molecule has 1 rings (SSSR count). The smallest absolute Gasteiger partial charge is 0.0446 e. The lowest BCUT2D eigenvalue weighted by molar-refractivity contribution is 0.146. The van der Waals surface area contributed by atoms with Crippen molar-refractivity contribution in [2.75, 3.05) is 6.61 Å². The molecule has 0 radical (unpaired) electrons. The third-order valence-electron chi connectivity index (χ3n) is 0.930. The van der Waals surface area contributed by atoms with Gasteiger partial charge in [0.25, 0.3) is 0 Å². The van der Waals surface area contributed by atoms with Crippen LogP contribution in [0.15, 0.2) is 0 Å². The van der Waals surface area contributed by atoms with Crippen LogP contribution in [-0.4, -0.2) is 12.8 Å². The standard InChI is InChI=1S/C4H8NO/c5-4-2-1-3-6-4/h4-5H,1-3H2/q-1. The third kappa shape index (κ3) is 0.698. The third-order valence-corrected chi connectivity index (χ3v) is 0.930. The minimum absolute atomic E-state index is 0.204. The first-order chi connectivity index (χ1) is 2.89. The van der Waals surface area contributed by atoms with Crippen LogP contribution >= 0.6 is 0 Å². The van der Waals surface area contributed by atoms with Crippen molar-refractivity contribution in [1.29, 1.82) is 0 Å². The van der Waals surface area contributed by atoms with Gasteiger partial charge in [0.15, 0.2) is 0 Å². The van der Waals surface area contributed by atoms with Gasteiger partial charge in [-0.05, 0) is 19.1 Å². The first kappa shape index (κ1) is 4.09. The highest BCUT2D eigenvalue weighted by molar-refractivity contribution is 4.66. The molecule has 6 heavy (non-hydrogen) atoms. The monoisotopic (exact) mass is 86.1 g/mol. The molecular formula is C4H8NO-. The van der Waals surface area contributed by atoms with E-state index in [1.165, 1.54) is 0 Å². The molecule has 1 aliphatic rings. The molecule has 0 bridgehead atoms. The zero-order chi connectivity index (χ0) is 4.41. The van der Waals surface area contributed by atoms with Crippen LogP contribution in [0.3, 0.4) is 0 Å². The van der Waals surface area contributed by atoms with Crippen molar-refractivity contribution in [2.45, 2.75) is 19.1 Å². The molecule has 0 aromatic rings. The van der Waals surface area contributed by atoms with Crippen LogP contribution in [0, 0.1) is 0 Å². The molecule has 1 atom stereocenters. The molecule has 1 saturated heterocycles. The molecule has 0 amide bonds. The lowest BCUT2D eigenvalue weighted by Gasteiger charge is -2.07. The van der Waals surface area contributed by atoms with Crippen LogP contribution in [0.4, 0.5) is 0 Å². The van der Waals surface area contributed by atoms with Crippen LogP contribution in [0.1, 0.15) is 12.8 Å². The molecule has 0 saturated carbocycles. The Balaban J connectivity index is 2.18. The minimum Gasteiger partial charge on any atom is -0.652 e. The molecule has 2 nitrogen and oxygen atoms in total. The molecule has 0 spiro atoms. The minimum atomic E-state index is -0.204. The second kappa shape index (κ2) is 1.58. The summed E-state index contributed by atoms with van der Waals surface area (Å²) in [6.07, 6.45) is 1.80. The van der Waals surface area contributed by atoms with Gasteiger partial charge in [0.2, 0.25) is 0 Å². The highest BCUT2D eigenvalue weighted by Crippen LogP contribution is 2.10. The zero-order valence-electron chi connectivity index (χ0n) is 3.61. The Labute approximate surface area is 37.3 Å². The van der Waals surface area contributed by atoms with E-state index in [-0.39, 0.29) is 6.23 Å². The van der Waals surface area contributed by atoms with E-state index in [1.807, 2.05) is 0 Å². The van der Waals surface area contributed by atoms with E-state index in [1.54, 1.807) is 0 Å². The molecular weight excluding hydrogens is 78.0 g/mol. The highest BCUT2D eigenvalue weighted by Gasteiger charge is 2.01. The Kier molecular flexibility index (Phi) is 1.08. The number of nitrogens with one attached hydrogen (secondary N) is 1. The van der Waals surface area contributed by atoms with Gasteiger partial charge in [-0.1, -0.05) is 0 Å². The van der Waals surface area contributed by atoms with Crippen LogP contribution in [0.2, 0.25) is 0 Å². The summed E-state index contributed by atoms with van der Waals surface area (Å²) in [6, 6.07) is 0. The number of hydrogen-bond acceptors (Lipinski definition) is 1. The SMILES string of the molecule is [NH-]C1CCCO1. The molecule has 2 heteroatoms. The predicted octanol–water partition coefficient (Wildman–Crippen LogP) is 1.18. The van der Waals surface area contributed by atoms with Crippen LogP contribution in [0.25, 0.3) is 5.73 Å². The maximum atomic E-state index is 6.91. The molecule has 0 aliphatic carbocycles. The summed E-state index contributed by atoms with van der Waals surface area (Å²) >= 11 is 0. The molecule has 1 unspecified atom stereocenters. The van der Waals surface area contributed by atoms with Gasteiger partial charge in [0.1, 0.15) is 0 Å².